The summed E-state index contributed by atoms with van der Waals surface area (Å²) in [6.07, 6.45) is 0. The molecule has 1 aromatic carbocycles. The van der Waals surface area contributed by atoms with Crippen molar-refractivity contribution in [2.75, 3.05) is 0 Å². The Bertz CT molecular complexity index is 588. The van der Waals surface area contributed by atoms with Crippen molar-refractivity contribution >= 4 is 32.6 Å². The van der Waals surface area contributed by atoms with Crippen LogP contribution in [0.15, 0.2) is 29.3 Å². The average molecular weight is 232 g/mol. The van der Waals surface area contributed by atoms with E-state index in [9.17, 15) is 8.42 Å². The van der Waals surface area contributed by atoms with Gasteiger partial charge in [-0.15, -0.1) is 0 Å². The molecule has 74 valence electrons. The van der Waals surface area contributed by atoms with Crippen molar-refractivity contribution in [1.29, 1.82) is 0 Å². The molecule has 2 rings (SSSR count). The van der Waals surface area contributed by atoms with E-state index < -0.39 is 10.1 Å². The third kappa shape index (κ3) is 1.61. The number of halogens is 1. The highest BCUT2D eigenvalue weighted by Crippen LogP contribution is 2.21. The minimum atomic E-state index is -4.18. The van der Waals surface area contributed by atoms with Crippen molar-refractivity contribution < 1.29 is 13.0 Å². The van der Waals surface area contributed by atoms with Crippen LogP contribution in [0.25, 0.3) is 10.9 Å². The van der Waals surface area contributed by atoms with Crippen molar-refractivity contribution in [3.05, 3.63) is 29.3 Å². The van der Waals surface area contributed by atoms with E-state index >= 15 is 0 Å². The Balaban J connectivity index is 2.75. The van der Waals surface area contributed by atoms with Gasteiger partial charge >= 0.3 is 10.1 Å². The summed E-state index contributed by atoms with van der Waals surface area (Å²) in [6, 6.07) is 6.22. The smallest absolute Gasteiger partial charge is 0.310 e. The van der Waals surface area contributed by atoms with Gasteiger partial charge in [0.15, 0.2) is 5.03 Å². The maximum atomic E-state index is 10.8. The number of hydrogen-bond acceptors (Lipinski definition) is 2. The molecule has 1 aromatic heterocycles. The molecule has 6 heteroatoms. The van der Waals surface area contributed by atoms with Gasteiger partial charge in [-0.25, -0.2) is 0 Å². The van der Waals surface area contributed by atoms with Gasteiger partial charge in [-0.2, -0.15) is 8.42 Å². The summed E-state index contributed by atoms with van der Waals surface area (Å²) in [6.45, 7) is 0. The maximum Gasteiger partial charge on any atom is 0.310 e. The van der Waals surface area contributed by atoms with Crippen LogP contribution in [-0.4, -0.2) is 18.0 Å². The third-order valence-corrected chi connectivity index (χ3v) is 2.85. The fraction of sp³-hybridized carbons (Fsp3) is 0. The number of aromatic amines is 1. The Morgan fingerprint density at radius 2 is 2.00 bits per heavy atom. The molecule has 0 amide bonds. The van der Waals surface area contributed by atoms with Crippen LogP contribution in [0.2, 0.25) is 5.02 Å². The van der Waals surface area contributed by atoms with Gasteiger partial charge in [0.2, 0.25) is 0 Å². The molecular formula is C8H6ClNO3S. The molecule has 0 atom stereocenters. The fourth-order valence-electron chi connectivity index (χ4n) is 1.22. The highest BCUT2D eigenvalue weighted by atomic mass is 35.5. The second kappa shape index (κ2) is 2.98. The zero-order valence-electron chi connectivity index (χ0n) is 6.86. The molecule has 1 heterocycles. The summed E-state index contributed by atoms with van der Waals surface area (Å²) in [4.78, 5) is 2.57. The number of aromatic nitrogens is 1. The van der Waals surface area contributed by atoms with Crippen molar-refractivity contribution in [3.63, 3.8) is 0 Å². The van der Waals surface area contributed by atoms with Gasteiger partial charge in [0, 0.05) is 15.9 Å². The topological polar surface area (TPSA) is 70.2 Å². The molecule has 0 aliphatic carbocycles. The maximum absolute atomic E-state index is 10.8. The first-order valence-electron chi connectivity index (χ1n) is 3.72. The summed E-state index contributed by atoms with van der Waals surface area (Å²) in [5.41, 5.74) is 0.613. The second-order valence-electron chi connectivity index (χ2n) is 2.84. The third-order valence-electron chi connectivity index (χ3n) is 1.84. The van der Waals surface area contributed by atoms with Gasteiger partial charge in [-0.05, 0) is 24.3 Å². The van der Waals surface area contributed by atoms with E-state index in [0.29, 0.717) is 15.9 Å². The summed E-state index contributed by atoms with van der Waals surface area (Å²) in [7, 11) is -4.18. The van der Waals surface area contributed by atoms with Crippen LogP contribution in [0, 0.1) is 0 Å². The molecular weight excluding hydrogens is 226 g/mol. The van der Waals surface area contributed by atoms with E-state index in [1.807, 2.05) is 0 Å². The van der Waals surface area contributed by atoms with Crippen molar-refractivity contribution in [1.82, 2.24) is 4.98 Å². The molecule has 14 heavy (non-hydrogen) atoms. The average Bonchev–Trinajstić information content (AvgIpc) is 2.45. The molecule has 0 saturated heterocycles. The Morgan fingerprint density at radius 1 is 1.29 bits per heavy atom. The summed E-state index contributed by atoms with van der Waals surface area (Å²) in [5, 5.41) is 0.929. The number of rotatable bonds is 1. The number of fused-ring (bicyclic) bond motifs is 1. The summed E-state index contributed by atoms with van der Waals surface area (Å²) < 4.78 is 30.3. The zero-order chi connectivity index (χ0) is 10.3. The summed E-state index contributed by atoms with van der Waals surface area (Å²) >= 11 is 5.72. The highest BCUT2D eigenvalue weighted by molar-refractivity contribution is 7.85. The molecule has 0 aliphatic heterocycles. The van der Waals surface area contributed by atoms with Gasteiger partial charge in [-0.3, -0.25) is 4.55 Å². The minimum absolute atomic E-state index is 0.227. The standard InChI is InChI=1S/C8H6ClNO3S/c9-6-1-2-7-5(3-6)4-8(10-7)14(11,12)13/h1-4,10H,(H,11,12,13). The molecule has 4 nitrogen and oxygen atoms in total. The lowest BCUT2D eigenvalue weighted by Gasteiger charge is -1.89. The number of hydrogen-bond donors (Lipinski definition) is 2. The van der Waals surface area contributed by atoms with Crippen LogP contribution in [0.4, 0.5) is 0 Å². The van der Waals surface area contributed by atoms with E-state index in [1.165, 1.54) is 6.07 Å². The monoisotopic (exact) mass is 231 g/mol. The first kappa shape index (κ1) is 9.51. The van der Waals surface area contributed by atoms with Crippen LogP contribution >= 0.6 is 11.6 Å². The first-order chi connectivity index (χ1) is 6.47. The largest absolute Gasteiger partial charge is 0.344 e. The normalized spacial score (nSPS) is 12.1. The van der Waals surface area contributed by atoms with Crippen LogP contribution in [-0.2, 0) is 10.1 Å². The molecule has 2 aromatic rings. The lowest BCUT2D eigenvalue weighted by molar-refractivity contribution is 0.480. The van der Waals surface area contributed by atoms with E-state index in [-0.39, 0.29) is 5.03 Å². The molecule has 0 spiro atoms. The molecule has 2 N–H and O–H groups in total. The Hall–Kier alpha value is -1.04. The highest BCUT2D eigenvalue weighted by Gasteiger charge is 2.12. The Morgan fingerprint density at radius 3 is 2.64 bits per heavy atom. The van der Waals surface area contributed by atoms with E-state index in [0.717, 1.165) is 0 Å². The Labute approximate surface area is 85.3 Å². The molecule has 0 unspecified atom stereocenters. The molecule has 0 bridgehead atoms. The molecule has 0 radical (unpaired) electrons. The second-order valence-corrected chi connectivity index (χ2v) is 4.67. The lowest BCUT2D eigenvalue weighted by Crippen LogP contribution is -1.97. The summed E-state index contributed by atoms with van der Waals surface area (Å²) in [5.74, 6) is 0. The first-order valence-corrected chi connectivity index (χ1v) is 5.54. The van der Waals surface area contributed by atoms with Crippen LogP contribution < -0.4 is 0 Å². The zero-order valence-corrected chi connectivity index (χ0v) is 8.43. The van der Waals surface area contributed by atoms with Crippen LogP contribution in [0.5, 0.6) is 0 Å². The molecule has 0 aliphatic rings. The van der Waals surface area contributed by atoms with Crippen molar-refractivity contribution in [3.8, 4) is 0 Å². The number of benzene rings is 1. The van der Waals surface area contributed by atoms with Crippen LogP contribution in [0.3, 0.4) is 0 Å². The van der Waals surface area contributed by atoms with E-state index in [1.54, 1.807) is 18.2 Å². The molecule has 0 saturated carbocycles. The predicted molar refractivity (Wildman–Crippen MR) is 53.1 cm³/mol. The SMILES string of the molecule is O=S(=O)(O)c1cc2cc(Cl)ccc2[nH]1. The van der Waals surface area contributed by atoms with Crippen molar-refractivity contribution in [2.24, 2.45) is 0 Å². The van der Waals surface area contributed by atoms with E-state index in [4.69, 9.17) is 16.2 Å². The fourth-order valence-corrected chi connectivity index (χ4v) is 1.91. The Kier molecular flexibility index (Phi) is 2.02. The lowest BCUT2D eigenvalue weighted by atomic mass is 10.2. The minimum Gasteiger partial charge on any atom is -0.344 e. The van der Waals surface area contributed by atoms with E-state index in [2.05, 4.69) is 4.98 Å². The molecule has 0 fully saturated rings. The quantitative estimate of drug-likeness (QED) is 0.738. The predicted octanol–water partition coefficient (Wildman–Crippen LogP) is 2.07. The van der Waals surface area contributed by atoms with Crippen molar-refractivity contribution in [2.45, 2.75) is 5.03 Å². The van der Waals surface area contributed by atoms with Gasteiger partial charge in [0.05, 0.1) is 0 Å². The van der Waals surface area contributed by atoms with Gasteiger partial charge < -0.3 is 4.98 Å². The van der Waals surface area contributed by atoms with Gasteiger partial charge in [-0.1, -0.05) is 11.6 Å². The van der Waals surface area contributed by atoms with Gasteiger partial charge in [0.1, 0.15) is 0 Å². The van der Waals surface area contributed by atoms with Crippen LogP contribution in [0.1, 0.15) is 0 Å². The number of nitrogens with one attached hydrogen (secondary N) is 1. The number of H-pyrrole nitrogens is 1. The van der Waals surface area contributed by atoms with Gasteiger partial charge in [0.25, 0.3) is 0 Å².